The van der Waals surface area contributed by atoms with Crippen molar-refractivity contribution < 1.29 is 9.59 Å². The molecule has 2 rings (SSSR count). The van der Waals surface area contributed by atoms with Crippen molar-refractivity contribution in [2.45, 2.75) is 24.5 Å². The summed E-state index contributed by atoms with van der Waals surface area (Å²) < 4.78 is 1.79. The number of thiophene rings is 1. The van der Waals surface area contributed by atoms with E-state index >= 15 is 0 Å². The summed E-state index contributed by atoms with van der Waals surface area (Å²) in [6.45, 7) is 4.80. The Hall–Kier alpha value is -2.13. The van der Waals surface area contributed by atoms with Crippen LogP contribution in [0.4, 0.5) is 0 Å². The minimum Gasteiger partial charge on any atom is -0.370 e. The molecule has 0 aliphatic rings. The Labute approximate surface area is 154 Å². The molecule has 0 bridgehead atoms. The van der Waals surface area contributed by atoms with Crippen LogP contribution in [0, 0.1) is 0 Å². The first-order chi connectivity index (χ1) is 12.0. The summed E-state index contributed by atoms with van der Waals surface area (Å²) in [6, 6.07) is 3.98. The zero-order chi connectivity index (χ0) is 18.2. The van der Waals surface area contributed by atoms with Gasteiger partial charge in [-0.25, -0.2) is 0 Å². The van der Waals surface area contributed by atoms with E-state index in [0.29, 0.717) is 30.5 Å². The molecular formula is C16H21N5O2S2. The molecule has 9 heteroatoms. The lowest BCUT2D eigenvalue weighted by molar-refractivity contribution is -0.128. The molecule has 134 valence electrons. The molecule has 2 heterocycles. The fourth-order valence-corrected chi connectivity index (χ4v) is 3.69. The van der Waals surface area contributed by atoms with E-state index < -0.39 is 0 Å². The highest BCUT2D eigenvalue weighted by molar-refractivity contribution is 7.99. The van der Waals surface area contributed by atoms with Gasteiger partial charge in [0, 0.05) is 31.3 Å². The van der Waals surface area contributed by atoms with Gasteiger partial charge >= 0.3 is 0 Å². The molecule has 0 atom stereocenters. The molecule has 2 N–H and O–H groups in total. The van der Waals surface area contributed by atoms with Crippen LogP contribution in [0.5, 0.6) is 0 Å². The Morgan fingerprint density at radius 1 is 1.48 bits per heavy atom. The number of hydrogen-bond donors (Lipinski definition) is 1. The Balaban J connectivity index is 1.93. The zero-order valence-electron chi connectivity index (χ0n) is 14.1. The number of nitrogens with zero attached hydrogens (tertiary/aromatic N) is 4. The maximum Gasteiger partial charge on any atom is 0.233 e. The van der Waals surface area contributed by atoms with E-state index in [9.17, 15) is 9.59 Å². The van der Waals surface area contributed by atoms with Crippen LogP contribution in [-0.4, -0.2) is 43.8 Å². The number of rotatable bonds is 10. The SMILES string of the molecule is C=CCN(Cc1cccs1)C(=O)CSc1nnc(CCC(N)=O)n1C. The van der Waals surface area contributed by atoms with Gasteiger partial charge in [0.15, 0.2) is 5.16 Å². The summed E-state index contributed by atoms with van der Waals surface area (Å²) in [4.78, 5) is 26.3. The second-order valence-electron chi connectivity index (χ2n) is 5.36. The van der Waals surface area contributed by atoms with Crippen molar-refractivity contribution in [1.82, 2.24) is 19.7 Å². The van der Waals surface area contributed by atoms with E-state index in [-0.39, 0.29) is 24.0 Å². The Kier molecular flexibility index (Phi) is 7.20. The molecule has 2 amide bonds. The van der Waals surface area contributed by atoms with Gasteiger partial charge in [-0.15, -0.1) is 28.1 Å². The molecule has 0 spiro atoms. The van der Waals surface area contributed by atoms with Gasteiger partial charge in [0.1, 0.15) is 5.82 Å². The van der Waals surface area contributed by atoms with Crippen molar-refractivity contribution in [3.05, 3.63) is 40.9 Å². The van der Waals surface area contributed by atoms with Crippen molar-refractivity contribution in [3.63, 3.8) is 0 Å². The highest BCUT2D eigenvalue weighted by Crippen LogP contribution is 2.18. The van der Waals surface area contributed by atoms with E-state index in [1.54, 1.807) is 26.9 Å². The fraction of sp³-hybridized carbons (Fsp3) is 0.375. The summed E-state index contributed by atoms with van der Waals surface area (Å²) in [5.41, 5.74) is 5.15. The van der Waals surface area contributed by atoms with Gasteiger partial charge in [0.25, 0.3) is 0 Å². The molecule has 25 heavy (non-hydrogen) atoms. The molecule has 0 aromatic carbocycles. The molecular weight excluding hydrogens is 358 g/mol. The summed E-state index contributed by atoms with van der Waals surface area (Å²) in [6.07, 6.45) is 2.39. The minimum absolute atomic E-state index is 0.0139. The highest BCUT2D eigenvalue weighted by atomic mass is 32.2. The lowest BCUT2D eigenvalue weighted by atomic mass is 10.3. The molecule has 0 unspecified atom stereocenters. The van der Waals surface area contributed by atoms with E-state index in [0.717, 1.165) is 4.88 Å². The van der Waals surface area contributed by atoms with Crippen molar-refractivity contribution in [1.29, 1.82) is 0 Å². The maximum atomic E-state index is 12.5. The molecule has 0 fully saturated rings. The summed E-state index contributed by atoms with van der Waals surface area (Å²) in [7, 11) is 1.82. The van der Waals surface area contributed by atoms with Gasteiger partial charge in [-0.2, -0.15) is 0 Å². The quantitative estimate of drug-likeness (QED) is 0.500. The highest BCUT2D eigenvalue weighted by Gasteiger charge is 2.16. The van der Waals surface area contributed by atoms with Gasteiger partial charge < -0.3 is 15.2 Å². The fourth-order valence-electron chi connectivity index (χ4n) is 2.14. The van der Waals surface area contributed by atoms with Crippen LogP contribution in [-0.2, 0) is 29.6 Å². The number of amides is 2. The smallest absolute Gasteiger partial charge is 0.233 e. The number of thioether (sulfide) groups is 1. The number of aryl methyl sites for hydroxylation is 1. The minimum atomic E-state index is -0.374. The van der Waals surface area contributed by atoms with Gasteiger partial charge in [-0.3, -0.25) is 9.59 Å². The van der Waals surface area contributed by atoms with Crippen LogP contribution in [0.15, 0.2) is 35.3 Å². The number of carbonyl (C=O) groups excluding carboxylic acids is 2. The average molecular weight is 380 g/mol. The second-order valence-corrected chi connectivity index (χ2v) is 7.33. The first-order valence-electron chi connectivity index (χ1n) is 7.71. The number of aromatic nitrogens is 3. The van der Waals surface area contributed by atoms with Crippen LogP contribution < -0.4 is 5.73 Å². The summed E-state index contributed by atoms with van der Waals surface area (Å²) in [5.74, 6) is 0.581. The van der Waals surface area contributed by atoms with Crippen molar-refractivity contribution in [3.8, 4) is 0 Å². The van der Waals surface area contributed by atoms with Crippen molar-refractivity contribution >= 4 is 34.9 Å². The van der Waals surface area contributed by atoms with Gasteiger partial charge in [0.2, 0.25) is 11.8 Å². The first-order valence-corrected chi connectivity index (χ1v) is 9.58. The molecule has 2 aromatic rings. The standard InChI is InChI=1S/C16H21N5O2S2/c1-3-8-21(10-12-5-4-9-24-12)15(23)11-25-16-19-18-14(20(16)2)7-6-13(17)22/h3-5,9H,1,6-8,10-11H2,2H3,(H2,17,22). The molecule has 2 aromatic heterocycles. The van der Waals surface area contributed by atoms with Gasteiger partial charge in [-0.1, -0.05) is 23.9 Å². The molecule has 0 saturated carbocycles. The third-order valence-electron chi connectivity index (χ3n) is 3.47. The van der Waals surface area contributed by atoms with Crippen LogP contribution in [0.2, 0.25) is 0 Å². The average Bonchev–Trinajstić information content (AvgIpc) is 3.20. The number of hydrogen-bond acceptors (Lipinski definition) is 6. The third-order valence-corrected chi connectivity index (χ3v) is 5.34. The second kappa shape index (κ2) is 9.38. The first kappa shape index (κ1) is 19.2. The largest absolute Gasteiger partial charge is 0.370 e. The van der Waals surface area contributed by atoms with E-state index in [1.165, 1.54) is 11.8 Å². The molecule has 0 radical (unpaired) electrons. The Bertz CT molecular complexity index is 727. The number of nitrogens with two attached hydrogens (primary N) is 1. The topological polar surface area (TPSA) is 94.1 Å². The summed E-state index contributed by atoms with van der Waals surface area (Å²) >= 11 is 2.95. The van der Waals surface area contributed by atoms with Gasteiger partial charge in [-0.05, 0) is 11.4 Å². The third kappa shape index (κ3) is 5.71. The monoisotopic (exact) mass is 379 g/mol. The lowest BCUT2D eigenvalue weighted by Gasteiger charge is -2.20. The van der Waals surface area contributed by atoms with Gasteiger partial charge in [0.05, 0.1) is 12.3 Å². The number of primary amides is 1. The Morgan fingerprint density at radius 3 is 2.92 bits per heavy atom. The number of carbonyl (C=O) groups is 2. The normalized spacial score (nSPS) is 10.6. The molecule has 0 aliphatic carbocycles. The predicted molar refractivity (Wildman–Crippen MR) is 99.2 cm³/mol. The van der Waals surface area contributed by atoms with Crippen LogP contribution in [0.1, 0.15) is 17.1 Å². The molecule has 0 saturated heterocycles. The van der Waals surface area contributed by atoms with Crippen LogP contribution >= 0.6 is 23.1 Å². The maximum absolute atomic E-state index is 12.5. The van der Waals surface area contributed by atoms with E-state index in [4.69, 9.17) is 5.73 Å². The van der Waals surface area contributed by atoms with Crippen molar-refractivity contribution in [2.24, 2.45) is 12.8 Å². The zero-order valence-corrected chi connectivity index (χ0v) is 15.7. The molecule has 7 nitrogen and oxygen atoms in total. The van der Waals surface area contributed by atoms with Crippen LogP contribution in [0.3, 0.4) is 0 Å². The van der Waals surface area contributed by atoms with E-state index in [2.05, 4.69) is 16.8 Å². The Morgan fingerprint density at radius 2 is 2.28 bits per heavy atom. The summed E-state index contributed by atoms with van der Waals surface area (Å²) in [5, 5.41) is 10.8. The lowest BCUT2D eigenvalue weighted by Crippen LogP contribution is -2.31. The van der Waals surface area contributed by atoms with Crippen molar-refractivity contribution in [2.75, 3.05) is 12.3 Å². The van der Waals surface area contributed by atoms with E-state index in [1.807, 2.05) is 24.6 Å². The van der Waals surface area contributed by atoms with Crippen LogP contribution in [0.25, 0.3) is 0 Å². The predicted octanol–water partition coefficient (Wildman–Crippen LogP) is 1.60. The molecule has 0 aliphatic heterocycles.